The van der Waals surface area contributed by atoms with Crippen molar-refractivity contribution in [3.63, 3.8) is 0 Å². The molecular formula is C10H8ClF3O2. The molecule has 2 nitrogen and oxygen atoms in total. The number of alkyl halides is 4. The maximum atomic E-state index is 12.6. The summed E-state index contributed by atoms with van der Waals surface area (Å²) in [4.78, 5) is 11.0. The normalized spacial score (nSPS) is 13.6. The van der Waals surface area contributed by atoms with Crippen molar-refractivity contribution in [1.82, 2.24) is 0 Å². The summed E-state index contributed by atoms with van der Waals surface area (Å²) in [6.07, 6.45) is -4.66. The lowest BCUT2D eigenvalue weighted by Gasteiger charge is -2.16. The Morgan fingerprint density at radius 1 is 1.44 bits per heavy atom. The number of aromatic hydroxyl groups is 1. The van der Waals surface area contributed by atoms with Crippen LogP contribution in [-0.4, -0.2) is 10.9 Å². The highest BCUT2D eigenvalue weighted by Gasteiger charge is 2.37. The minimum absolute atomic E-state index is 0.593. The Kier molecular flexibility index (Phi) is 3.48. The predicted octanol–water partition coefficient (Wildman–Crippen LogP) is 3.28. The van der Waals surface area contributed by atoms with Gasteiger partial charge in [-0.2, -0.15) is 13.2 Å². The highest BCUT2D eigenvalue weighted by Crippen LogP contribution is 2.41. The summed E-state index contributed by atoms with van der Waals surface area (Å²) >= 11 is 5.55. The molecule has 1 rings (SSSR count). The SMILES string of the molecule is CC(=O)C(Cl)c1c(O)cccc1C(F)(F)F. The number of carbonyl (C=O) groups excluding carboxylic acids is 1. The zero-order valence-electron chi connectivity index (χ0n) is 8.18. The van der Waals surface area contributed by atoms with Crippen LogP contribution in [0.4, 0.5) is 13.2 Å². The van der Waals surface area contributed by atoms with Gasteiger partial charge in [0.1, 0.15) is 11.1 Å². The highest BCUT2D eigenvalue weighted by atomic mass is 35.5. The van der Waals surface area contributed by atoms with E-state index in [4.69, 9.17) is 11.6 Å². The summed E-state index contributed by atoms with van der Waals surface area (Å²) in [5.74, 6) is -1.29. The molecular weight excluding hydrogens is 245 g/mol. The third-order valence-corrected chi connectivity index (χ3v) is 2.52. The van der Waals surface area contributed by atoms with Crippen LogP contribution in [0.2, 0.25) is 0 Å². The monoisotopic (exact) mass is 252 g/mol. The molecule has 0 aromatic heterocycles. The maximum Gasteiger partial charge on any atom is 0.416 e. The zero-order chi connectivity index (χ0) is 12.5. The van der Waals surface area contributed by atoms with E-state index in [2.05, 4.69) is 0 Å². The van der Waals surface area contributed by atoms with Crippen molar-refractivity contribution >= 4 is 17.4 Å². The second kappa shape index (κ2) is 4.33. The van der Waals surface area contributed by atoms with Crippen LogP contribution >= 0.6 is 11.6 Å². The van der Waals surface area contributed by atoms with Gasteiger partial charge in [-0.1, -0.05) is 6.07 Å². The van der Waals surface area contributed by atoms with Crippen molar-refractivity contribution in [3.8, 4) is 5.75 Å². The number of hydrogen-bond donors (Lipinski definition) is 1. The smallest absolute Gasteiger partial charge is 0.416 e. The molecule has 0 radical (unpaired) electrons. The standard InChI is InChI=1S/C10H8ClF3O2/c1-5(15)9(11)8-6(10(12,13)14)3-2-4-7(8)16/h2-4,9,16H,1H3. The van der Waals surface area contributed by atoms with Crippen LogP contribution in [0.25, 0.3) is 0 Å². The molecule has 0 amide bonds. The number of phenolic OH excluding ortho intramolecular Hbond substituents is 1. The molecule has 1 unspecified atom stereocenters. The number of Topliss-reactive ketones (excluding diaryl/α,β-unsaturated/α-hetero) is 1. The lowest BCUT2D eigenvalue weighted by molar-refractivity contribution is -0.138. The van der Waals surface area contributed by atoms with E-state index in [0.29, 0.717) is 0 Å². The van der Waals surface area contributed by atoms with Gasteiger partial charge in [0.2, 0.25) is 0 Å². The lowest BCUT2D eigenvalue weighted by Crippen LogP contribution is -2.13. The van der Waals surface area contributed by atoms with Crippen LogP contribution in [0, 0.1) is 0 Å². The second-order valence-corrected chi connectivity index (χ2v) is 3.65. The quantitative estimate of drug-likeness (QED) is 0.820. The largest absolute Gasteiger partial charge is 0.508 e. The summed E-state index contributed by atoms with van der Waals surface area (Å²) in [6, 6.07) is 2.88. The molecule has 0 aliphatic rings. The first-order valence-electron chi connectivity index (χ1n) is 4.28. The third-order valence-electron chi connectivity index (χ3n) is 2.00. The zero-order valence-corrected chi connectivity index (χ0v) is 8.93. The van der Waals surface area contributed by atoms with Crippen molar-refractivity contribution < 1.29 is 23.1 Å². The van der Waals surface area contributed by atoms with Gasteiger partial charge >= 0.3 is 6.18 Å². The van der Waals surface area contributed by atoms with E-state index in [1.54, 1.807) is 0 Å². The van der Waals surface area contributed by atoms with E-state index in [1.165, 1.54) is 0 Å². The van der Waals surface area contributed by atoms with Crippen molar-refractivity contribution in [2.75, 3.05) is 0 Å². The summed E-state index contributed by atoms with van der Waals surface area (Å²) in [5, 5.41) is 7.84. The molecule has 0 aliphatic carbocycles. The predicted molar refractivity (Wildman–Crippen MR) is 52.4 cm³/mol. The Morgan fingerprint density at radius 2 is 2.00 bits per heavy atom. The molecule has 0 aliphatic heterocycles. The first-order chi connectivity index (χ1) is 7.25. The van der Waals surface area contributed by atoms with Crippen LogP contribution in [-0.2, 0) is 11.0 Å². The number of phenols is 1. The fourth-order valence-corrected chi connectivity index (χ4v) is 1.50. The molecule has 1 N–H and O–H groups in total. The molecule has 0 saturated heterocycles. The Labute approximate surface area is 94.6 Å². The molecule has 1 aromatic carbocycles. The number of carbonyl (C=O) groups is 1. The number of benzene rings is 1. The molecule has 0 spiro atoms. The van der Waals surface area contributed by atoms with Gasteiger partial charge in [0.05, 0.1) is 5.56 Å². The number of halogens is 4. The Morgan fingerprint density at radius 3 is 2.44 bits per heavy atom. The average molecular weight is 253 g/mol. The van der Waals surface area contributed by atoms with Crippen LogP contribution in [0.5, 0.6) is 5.75 Å². The molecule has 0 heterocycles. The van der Waals surface area contributed by atoms with E-state index >= 15 is 0 Å². The van der Waals surface area contributed by atoms with Gasteiger partial charge in [0.15, 0.2) is 5.78 Å². The lowest BCUT2D eigenvalue weighted by atomic mass is 10.0. The molecule has 88 valence electrons. The van der Waals surface area contributed by atoms with Crippen LogP contribution in [0.15, 0.2) is 18.2 Å². The molecule has 1 aromatic rings. The number of hydrogen-bond acceptors (Lipinski definition) is 2. The molecule has 0 saturated carbocycles. The molecule has 0 fully saturated rings. The van der Waals surface area contributed by atoms with Gasteiger partial charge in [0, 0.05) is 5.56 Å². The summed E-state index contributed by atoms with van der Waals surface area (Å²) < 4.78 is 37.7. The van der Waals surface area contributed by atoms with Crippen molar-refractivity contribution in [1.29, 1.82) is 0 Å². The third kappa shape index (κ3) is 2.47. The summed E-state index contributed by atoms with van der Waals surface area (Å²) in [5.41, 5.74) is -1.69. The van der Waals surface area contributed by atoms with E-state index in [9.17, 15) is 23.1 Å². The minimum atomic E-state index is -4.66. The molecule has 16 heavy (non-hydrogen) atoms. The van der Waals surface area contributed by atoms with E-state index in [0.717, 1.165) is 25.1 Å². The fourth-order valence-electron chi connectivity index (χ4n) is 1.27. The van der Waals surface area contributed by atoms with Gasteiger partial charge in [-0.15, -0.1) is 11.6 Å². The van der Waals surface area contributed by atoms with Gasteiger partial charge in [-0.25, -0.2) is 0 Å². The second-order valence-electron chi connectivity index (χ2n) is 3.21. The Bertz CT molecular complexity index is 415. The van der Waals surface area contributed by atoms with E-state index in [1.807, 2.05) is 0 Å². The topological polar surface area (TPSA) is 37.3 Å². The van der Waals surface area contributed by atoms with Crippen LogP contribution < -0.4 is 0 Å². The van der Waals surface area contributed by atoms with E-state index < -0.39 is 34.2 Å². The highest BCUT2D eigenvalue weighted by molar-refractivity contribution is 6.31. The molecule has 1 atom stereocenters. The van der Waals surface area contributed by atoms with E-state index in [-0.39, 0.29) is 0 Å². The van der Waals surface area contributed by atoms with Gasteiger partial charge < -0.3 is 5.11 Å². The average Bonchev–Trinajstić information content (AvgIpc) is 2.14. The summed E-state index contributed by atoms with van der Waals surface area (Å²) in [7, 11) is 0. The fraction of sp³-hybridized carbons (Fsp3) is 0.300. The van der Waals surface area contributed by atoms with Gasteiger partial charge in [-0.3, -0.25) is 4.79 Å². The summed E-state index contributed by atoms with van der Waals surface area (Å²) in [6.45, 7) is 1.06. The Balaban J connectivity index is 3.41. The van der Waals surface area contributed by atoms with Crippen LogP contribution in [0.1, 0.15) is 23.4 Å². The minimum Gasteiger partial charge on any atom is -0.508 e. The van der Waals surface area contributed by atoms with Gasteiger partial charge in [-0.05, 0) is 19.1 Å². The Hall–Kier alpha value is -1.23. The van der Waals surface area contributed by atoms with Crippen molar-refractivity contribution in [3.05, 3.63) is 29.3 Å². The number of rotatable bonds is 2. The molecule has 0 bridgehead atoms. The molecule has 6 heteroatoms. The van der Waals surface area contributed by atoms with Gasteiger partial charge in [0.25, 0.3) is 0 Å². The number of ketones is 1. The first-order valence-corrected chi connectivity index (χ1v) is 4.72. The first kappa shape index (κ1) is 12.8. The van der Waals surface area contributed by atoms with Crippen molar-refractivity contribution in [2.24, 2.45) is 0 Å². The maximum absolute atomic E-state index is 12.6. The van der Waals surface area contributed by atoms with Crippen molar-refractivity contribution in [2.45, 2.75) is 18.5 Å². The van der Waals surface area contributed by atoms with Crippen LogP contribution in [0.3, 0.4) is 0 Å².